The first-order valence-electron chi connectivity index (χ1n) is 7.32. The number of hydrogen-bond donors (Lipinski definition) is 1. The molecule has 0 aromatic heterocycles. The minimum atomic E-state index is 0.919. The van der Waals surface area contributed by atoms with Gasteiger partial charge < -0.3 is 10.2 Å². The topological polar surface area (TPSA) is 15.3 Å². The van der Waals surface area contributed by atoms with Gasteiger partial charge in [0.05, 0.1) is 0 Å². The van der Waals surface area contributed by atoms with Crippen LogP contribution < -0.4 is 10.2 Å². The van der Waals surface area contributed by atoms with E-state index >= 15 is 0 Å². The number of nitrogens with one attached hydrogen (secondary N) is 1. The zero-order chi connectivity index (χ0) is 12.8. The molecule has 0 radical (unpaired) electrons. The third-order valence-electron chi connectivity index (χ3n) is 4.13. The van der Waals surface area contributed by atoms with Crippen LogP contribution in [-0.4, -0.2) is 26.7 Å². The van der Waals surface area contributed by atoms with Gasteiger partial charge in [-0.2, -0.15) is 0 Å². The molecule has 0 bridgehead atoms. The number of aryl methyl sites for hydroxylation is 1. The number of nitrogens with zero attached hydrogens (tertiary/aromatic N) is 1. The average Bonchev–Trinajstić information content (AvgIpc) is 2.45. The second kappa shape index (κ2) is 6.79. The minimum absolute atomic E-state index is 0.919. The summed E-state index contributed by atoms with van der Waals surface area (Å²) in [6.45, 7) is 5.87. The molecule has 1 heterocycles. The Labute approximate surface area is 111 Å². The molecule has 1 fully saturated rings. The van der Waals surface area contributed by atoms with Crippen molar-refractivity contribution in [2.24, 2.45) is 5.92 Å². The van der Waals surface area contributed by atoms with Gasteiger partial charge in [0.2, 0.25) is 0 Å². The van der Waals surface area contributed by atoms with Crippen LogP contribution >= 0.6 is 0 Å². The third kappa shape index (κ3) is 3.26. The van der Waals surface area contributed by atoms with E-state index < -0.39 is 0 Å². The molecule has 0 aliphatic carbocycles. The summed E-state index contributed by atoms with van der Waals surface area (Å²) >= 11 is 0. The lowest BCUT2D eigenvalue weighted by atomic mass is 9.93. The quantitative estimate of drug-likeness (QED) is 0.859. The van der Waals surface area contributed by atoms with Crippen molar-refractivity contribution in [2.75, 3.05) is 31.6 Å². The summed E-state index contributed by atoms with van der Waals surface area (Å²) in [6, 6.07) is 8.87. The van der Waals surface area contributed by atoms with Gasteiger partial charge in [0.1, 0.15) is 0 Å². The molecule has 2 rings (SSSR count). The van der Waals surface area contributed by atoms with Crippen molar-refractivity contribution in [1.29, 1.82) is 0 Å². The number of piperidine rings is 1. The molecule has 0 saturated carbocycles. The van der Waals surface area contributed by atoms with Gasteiger partial charge in [-0.25, -0.2) is 0 Å². The molecule has 18 heavy (non-hydrogen) atoms. The van der Waals surface area contributed by atoms with Gasteiger partial charge in [0.15, 0.2) is 0 Å². The van der Waals surface area contributed by atoms with Gasteiger partial charge in [0, 0.05) is 18.8 Å². The van der Waals surface area contributed by atoms with E-state index in [0.717, 1.165) is 18.9 Å². The van der Waals surface area contributed by atoms with E-state index in [-0.39, 0.29) is 0 Å². The Morgan fingerprint density at radius 3 is 2.61 bits per heavy atom. The SMILES string of the molecule is CCc1ccccc1N1CCC(CCNC)CC1. The van der Waals surface area contributed by atoms with Crippen molar-refractivity contribution in [3.05, 3.63) is 29.8 Å². The monoisotopic (exact) mass is 246 g/mol. The Morgan fingerprint density at radius 2 is 1.94 bits per heavy atom. The molecule has 1 saturated heterocycles. The molecule has 1 aliphatic rings. The predicted octanol–water partition coefficient (Wildman–Crippen LogP) is 3.07. The molecule has 2 nitrogen and oxygen atoms in total. The standard InChI is InChI=1S/C16H26N2/c1-3-15-6-4-5-7-16(15)18-12-9-14(10-13-18)8-11-17-2/h4-7,14,17H,3,8-13H2,1-2H3. The highest BCUT2D eigenvalue weighted by atomic mass is 15.1. The van der Waals surface area contributed by atoms with Crippen LogP contribution in [0.25, 0.3) is 0 Å². The fourth-order valence-electron chi connectivity index (χ4n) is 2.93. The maximum atomic E-state index is 3.26. The first kappa shape index (κ1) is 13.4. The average molecular weight is 246 g/mol. The summed E-state index contributed by atoms with van der Waals surface area (Å²) in [6.07, 6.45) is 5.16. The summed E-state index contributed by atoms with van der Waals surface area (Å²) in [7, 11) is 2.05. The molecular weight excluding hydrogens is 220 g/mol. The van der Waals surface area contributed by atoms with E-state index in [1.165, 1.54) is 43.6 Å². The van der Waals surface area contributed by atoms with Crippen LogP contribution in [0.4, 0.5) is 5.69 Å². The molecule has 1 aromatic carbocycles. The molecule has 1 N–H and O–H groups in total. The van der Waals surface area contributed by atoms with Gasteiger partial charge in [-0.1, -0.05) is 25.1 Å². The molecule has 2 heteroatoms. The normalized spacial score (nSPS) is 17.1. The van der Waals surface area contributed by atoms with Gasteiger partial charge in [-0.15, -0.1) is 0 Å². The summed E-state index contributed by atoms with van der Waals surface area (Å²) < 4.78 is 0. The molecule has 0 atom stereocenters. The highest BCUT2D eigenvalue weighted by molar-refractivity contribution is 5.53. The van der Waals surface area contributed by atoms with Crippen LogP contribution in [0, 0.1) is 5.92 Å². The Kier molecular flexibility index (Phi) is 5.06. The largest absolute Gasteiger partial charge is 0.371 e. The summed E-state index contributed by atoms with van der Waals surface area (Å²) in [5.74, 6) is 0.919. The van der Waals surface area contributed by atoms with Crippen LogP contribution in [0.15, 0.2) is 24.3 Å². The van der Waals surface area contributed by atoms with Gasteiger partial charge in [0.25, 0.3) is 0 Å². The maximum Gasteiger partial charge on any atom is 0.0398 e. The van der Waals surface area contributed by atoms with Crippen LogP contribution in [-0.2, 0) is 6.42 Å². The lowest BCUT2D eigenvalue weighted by molar-refractivity contribution is 0.378. The summed E-state index contributed by atoms with van der Waals surface area (Å²) in [5, 5.41) is 3.26. The maximum absolute atomic E-state index is 3.26. The fourth-order valence-corrected chi connectivity index (χ4v) is 2.93. The molecular formula is C16H26N2. The van der Waals surface area contributed by atoms with Crippen molar-refractivity contribution in [1.82, 2.24) is 5.32 Å². The Hall–Kier alpha value is -1.02. The van der Waals surface area contributed by atoms with Crippen molar-refractivity contribution in [3.8, 4) is 0 Å². The van der Waals surface area contributed by atoms with Gasteiger partial charge >= 0.3 is 0 Å². The third-order valence-corrected chi connectivity index (χ3v) is 4.13. The second-order valence-electron chi connectivity index (χ2n) is 5.30. The summed E-state index contributed by atoms with van der Waals surface area (Å²) in [4.78, 5) is 2.58. The summed E-state index contributed by atoms with van der Waals surface area (Å²) in [5.41, 5.74) is 2.96. The molecule has 1 aromatic rings. The zero-order valence-corrected chi connectivity index (χ0v) is 11.8. The Bertz CT molecular complexity index is 354. The van der Waals surface area contributed by atoms with Gasteiger partial charge in [-0.3, -0.25) is 0 Å². The number of anilines is 1. The lowest BCUT2D eigenvalue weighted by Gasteiger charge is -2.34. The zero-order valence-electron chi connectivity index (χ0n) is 11.8. The highest BCUT2D eigenvalue weighted by Gasteiger charge is 2.19. The number of hydrogen-bond acceptors (Lipinski definition) is 2. The highest BCUT2D eigenvalue weighted by Crippen LogP contribution is 2.27. The van der Waals surface area contributed by atoms with Crippen molar-refractivity contribution < 1.29 is 0 Å². The smallest absolute Gasteiger partial charge is 0.0398 e. The molecule has 100 valence electrons. The molecule has 1 aliphatic heterocycles. The van der Waals surface area contributed by atoms with Crippen molar-refractivity contribution >= 4 is 5.69 Å². The first-order valence-corrected chi connectivity index (χ1v) is 7.32. The van der Waals surface area contributed by atoms with E-state index in [9.17, 15) is 0 Å². The predicted molar refractivity (Wildman–Crippen MR) is 79.3 cm³/mol. The Morgan fingerprint density at radius 1 is 1.22 bits per heavy atom. The van der Waals surface area contributed by atoms with Crippen LogP contribution in [0.5, 0.6) is 0 Å². The molecule has 0 spiro atoms. The first-order chi connectivity index (χ1) is 8.85. The van der Waals surface area contributed by atoms with E-state index in [0.29, 0.717) is 0 Å². The van der Waals surface area contributed by atoms with Crippen LogP contribution in [0.2, 0.25) is 0 Å². The van der Waals surface area contributed by atoms with E-state index in [1.807, 2.05) is 7.05 Å². The molecule has 0 unspecified atom stereocenters. The fraction of sp³-hybridized carbons (Fsp3) is 0.625. The van der Waals surface area contributed by atoms with E-state index in [4.69, 9.17) is 0 Å². The Balaban J connectivity index is 1.92. The minimum Gasteiger partial charge on any atom is -0.371 e. The lowest BCUT2D eigenvalue weighted by Crippen LogP contribution is -2.35. The van der Waals surface area contributed by atoms with E-state index in [2.05, 4.69) is 41.4 Å². The van der Waals surface area contributed by atoms with Crippen molar-refractivity contribution in [2.45, 2.75) is 32.6 Å². The van der Waals surface area contributed by atoms with Gasteiger partial charge in [-0.05, 0) is 56.8 Å². The molecule has 0 amide bonds. The second-order valence-corrected chi connectivity index (χ2v) is 5.30. The van der Waals surface area contributed by atoms with Crippen molar-refractivity contribution in [3.63, 3.8) is 0 Å². The van der Waals surface area contributed by atoms with E-state index in [1.54, 1.807) is 0 Å². The number of rotatable bonds is 5. The van der Waals surface area contributed by atoms with Crippen LogP contribution in [0.3, 0.4) is 0 Å². The number of para-hydroxylation sites is 1. The van der Waals surface area contributed by atoms with Crippen LogP contribution in [0.1, 0.15) is 31.7 Å². The number of benzene rings is 1.